The Morgan fingerprint density at radius 3 is 1.96 bits per heavy atom. The van der Waals surface area contributed by atoms with Crippen LogP contribution in [0.3, 0.4) is 0 Å². The summed E-state index contributed by atoms with van der Waals surface area (Å²) in [6, 6.07) is 20.9. The zero-order chi connectivity index (χ0) is 17.9. The van der Waals surface area contributed by atoms with Crippen LogP contribution >= 0.6 is 0 Å². The number of carbonyl (C=O) groups excluding carboxylic acids is 1. The van der Waals surface area contributed by atoms with Crippen molar-refractivity contribution in [1.82, 2.24) is 5.32 Å². The van der Waals surface area contributed by atoms with Gasteiger partial charge in [0, 0.05) is 0 Å². The lowest BCUT2D eigenvalue weighted by atomic mass is 10.2. The molecular formula is C20H25NO3Si. The molecule has 0 aliphatic carbocycles. The summed E-state index contributed by atoms with van der Waals surface area (Å²) in [7, 11) is -2.56. The van der Waals surface area contributed by atoms with Gasteiger partial charge < -0.3 is 14.5 Å². The topological polar surface area (TPSA) is 47.6 Å². The Balaban J connectivity index is 2.04. The molecule has 2 aromatic rings. The van der Waals surface area contributed by atoms with Crippen molar-refractivity contribution in [3.63, 3.8) is 0 Å². The van der Waals surface area contributed by atoms with Crippen LogP contribution in [0.15, 0.2) is 60.7 Å². The van der Waals surface area contributed by atoms with E-state index in [9.17, 15) is 4.79 Å². The Bertz CT molecular complexity index is 673. The van der Waals surface area contributed by atoms with Crippen LogP contribution in [0.4, 0.5) is 4.79 Å². The van der Waals surface area contributed by atoms with Gasteiger partial charge in [0.1, 0.15) is 6.10 Å². The minimum atomic E-state index is -2.56. The lowest BCUT2D eigenvalue weighted by molar-refractivity contribution is 0.101. The maximum absolute atomic E-state index is 11.3. The standard InChI is InChI=1S/C20H25NO3Si/c1-20(2,3)25(17-10-6-4-7-11-17,18-12-8-5-9-13-18)23-15-16-14-21-19(22)24-16/h4-13,16H,14-15H2,1-3H3,(H,21,22). The number of ether oxygens (including phenoxy) is 1. The first-order chi connectivity index (χ1) is 11.9. The van der Waals surface area contributed by atoms with Crippen molar-refractivity contribution in [3.05, 3.63) is 60.7 Å². The molecule has 1 aliphatic heterocycles. The SMILES string of the molecule is CC(C)(C)[Si](OCC1CNC(=O)O1)(c1ccccc1)c1ccccc1. The fourth-order valence-electron chi connectivity index (χ4n) is 3.50. The van der Waals surface area contributed by atoms with Crippen LogP contribution in [-0.4, -0.2) is 33.7 Å². The van der Waals surface area contributed by atoms with Crippen LogP contribution in [0, 0.1) is 0 Å². The van der Waals surface area contributed by atoms with E-state index in [0.717, 1.165) is 0 Å². The quantitative estimate of drug-likeness (QED) is 0.839. The smallest absolute Gasteiger partial charge is 0.407 e. The minimum Gasteiger partial charge on any atom is -0.442 e. The van der Waals surface area contributed by atoms with E-state index in [1.54, 1.807) is 0 Å². The van der Waals surface area contributed by atoms with Crippen LogP contribution in [-0.2, 0) is 9.16 Å². The second-order valence-electron chi connectivity index (χ2n) is 7.38. The number of nitrogens with one attached hydrogen (secondary N) is 1. The van der Waals surface area contributed by atoms with Gasteiger partial charge in [-0.05, 0) is 15.4 Å². The molecule has 3 rings (SSSR count). The van der Waals surface area contributed by atoms with Crippen molar-refractivity contribution in [3.8, 4) is 0 Å². The maximum atomic E-state index is 11.3. The van der Waals surface area contributed by atoms with Crippen molar-refractivity contribution < 1.29 is 14.0 Å². The van der Waals surface area contributed by atoms with E-state index >= 15 is 0 Å². The number of hydrogen-bond acceptors (Lipinski definition) is 3. The van der Waals surface area contributed by atoms with E-state index in [1.807, 2.05) is 12.1 Å². The molecule has 0 saturated carbocycles. The molecule has 1 unspecified atom stereocenters. The zero-order valence-electron chi connectivity index (χ0n) is 15.0. The van der Waals surface area contributed by atoms with Crippen molar-refractivity contribution in [2.45, 2.75) is 31.9 Å². The highest BCUT2D eigenvalue weighted by molar-refractivity contribution is 6.99. The molecule has 1 saturated heterocycles. The van der Waals surface area contributed by atoms with Crippen LogP contribution in [0.1, 0.15) is 20.8 Å². The van der Waals surface area contributed by atoms with Crippen molar-refractivity contribution in [2.75, 3.05) is 13.2 Å². The van der Waals surface area contributed by atoms with Gasteiger partial charge in [-0.15, -0.1) is 0 Å². The summed E-state index contributed by atoms with van der Waals surface area (Å²) in [6.07, 6.45) is -0.606. The third-order valence-corrected chi connectivity index (χ3v) is 9.66. The van der Waals surface area contributed by atoms with Crippen molar-refractivity contribution in [2.24, 2.45) is 0 Å². The fraction of sp³-hybridized carbons (Fsp3) is 0.350. The predicted octanol–water partition coefficient (Wildman–Crippen LogP) is 2.67. The lowest BCUT2D eigenvalue weighted by Crippen LogP contribution is -2.67. The number of alkyl carbamates (subject to hydrolysis) is 1. The molecule has 1 aliphatic rings. The van der Waals surface area contributed by atoms with Crippen molar-refractivity contribution >= 4 is 24.8 Å². The molecule has 132 valence electrons. The number of carbonyl (C=O) groups is 1. The number of amides is 1. The van der Waals surface area contributed by atoms with Crippen LogP contribution in [0.25, 0.3) is 0 Å². The highest BCUT2D eigenvalue weighted by Crippen LogP contribution is 2.36. The Morgan fingerprint density at radius 2 is 1.56 bits per heavy atom. The molecule has 1 atom stereocenters. The van der Waals surface area contributed by atoms with Crippen molar-refractivity contribution in [1.29, 1.82) is 0 Å². The van der Waals surface area contributed by atoms with Gasteiger partial charge in [0.05, 0.1) is 13.2 Å². The first kappa shape index (κ1) is 17.7. The first-order valence-electron chi connectivity index (χ1n) is 8.63. The monoisotopic (exact) mass is 355 g/mol. The van der Waals surface area contributed by atoms with Gasteiger partial charge in [0.15, 0.2) is 0 Å². The molecule has 1 fully saturated rings. The predicted molar refractivity (Wildman–Crippen MR) is 102 cm³/mol. The molecule has 1 N–H and O–H groups in total. The summed E-state index contributed by atoms with van der Waals surface area (Å²) in [5.74, 6) is 0. The summed E-state index contributed by atoms with van der Waals surface area (Å²) in [6.45, 7) is 7.59. The van der Waals surface area contributed by atoms with Gasteiger partial charge in [0.25, 0.3) is 8.32 Å². The van der Waals surface area contributed by atoms with Gasteiger partial charge in [-0.1, -0.05) is 81.4 Å². The van der Waals surface area contributed by atoms with Gasteiger partial charge in [-0.2, -0.15) is 0 Å². The third kappa shape index (κ3) is 3.48. The Kier molecular flexibility index (Phi) is 4.97. The summed E-state index contributed by atoms with van der Waals surface area (Å²) in [4.78, 5) is 11.3. The van der Waals surface area contributed by atoms with Gasteiger partial charge >= 0.3 is 6.09 Å². The second-order valence-corrected chi connectivity index (χ2v) is 11.7. The maximum Gasteiger partial charge on any atom is 0.407 e. The molecule has 0 spiro atoms. The molecular weight excluding hydrogens is 330 g/mol. The minimum absolute atomic E-state index is 0.0776. The van der Waals surface area contributed by atoms with Gasteiger partial charge in [0.2, 0.25) is 0 Å². The molecule has 0 radical (unpaired) electrons. The highest BCUT2D eigenvalue weighted by atomic mass is 28.4. The number of rotatable bonds is 5. The van der Waals surface area contributed by atoms with Crippen LogP contribution in [0.2, 0.25) is 5.04 Å². The van der Waals surface area contributed by atoms with E-state index in [0.29, 0.717) is 13.2 Å². The zero-order valence-corrected chi connectivity index (χ0v) is 16.0. The lowest BCUT2D eigenvalue weighted by Gasteiger charge is -2.43. The average molecular weight is 356 g/mol. The summed E-state index contributed by atoms with van der Waals surface area (Å²) in [5.41, 5.74) is 0. The van der Waals surface area contributed by atoms with Crippen LogP contribution in [0.5, 0.6) is 0 Å². The van der Waals surface area contributed by atoms with E-state index in [1.165, 1.54) is 10.4 Å². The second kappa shape index (κ2) is 7.02. The largest absolute Gasteiger partial charge is 0.442 e. The Labute approximate surface area is 150 Å². The van der Waals surface area contributed by atoms with Crippen LogP contribution < -0.4 is 15.7 Å². The van der Waals surface area contributed by atoms with Gasteiger partial charge in [-0.25, -0.2) is 4.79 Å². The molecule has 0 aromatic heterocycles. The highest BCUT2D eigenvalue weighted by Gasteiger charge is 2.50. The molecule has 25 heavy (non-hydrogen) atoms. The number of cyclic esters (lactones) is 1. The Hall–Kier alpha value is -2.11. The summed E-state index contributed by atoms with van der Waals surface area (Å²) < 4.78 is 12.0. The Morgan fingerprint density at radius 1 is 1.04 bits per heavy atom. The summed E-state index contributed by atoms with van der Waals surface area (Å²) >= 11 is 0. The molecule has 5 heteroatoms. The normalized spacial score (nSPS) is 17.9. The molecule has 2 aromatic carbocycles. The average Bonchev–Trinajstić information content (AvgIpc) is 3.02. The molecule has 0 bridgehead atoms. The van der Waals surface area contributed by atoms with E-state index in [4.69, 9.17) is 9.16 Å². The molecule has 1 heterocycles. The molecule has 1 amide bonds. The first-order valence-corrected chi connectivity index (χ1v) is 10.5. The summed E-state index contributed by atoms with van der Waals surface area (Å²) in [5, 5.41) is 5.08. The number of benzene rings is 2. The van der Waals surface area contributed by atoms with E-state index in [-0.39, 0.29) is 17.2 Å². The third-order valence-electron chi connectivity index (χ3n) is 4.65. The fourth-order valence-corrected chi connectivity index (χ4v) is 8.10. The van der Waals surface area contributed by atoms with E-state index < -0.39 is 8.32 Å². The van der Waals surface area contributed by atoms with Gasteiger partial charge in [-0.3, -0.25) is 0 Å². The molecule has 4 nitrogen and oxygen atoms in total. The van der Waals surface area contributed by atoms with E-state index in [2.05, 4.69) is 74.6 Å². The number of hydrogen-bond donors (Lipinski definition) is 1.